The summed E-state index contributed by atoms with van der Waals surface area (Å²) in [5.41, 5.74) is 1.70. The third-order valence-electron chi connectivity index (χ3n) is 7.74. The van der Waals surface area contributed by atoms with E-state index in [0.717, 1.165) is 63.0 Å². The lowest BCUT2D eigenvalue weighted by Gasteiger charge is -2.38. The highest BCUT2D eigenvalue weighted by Crippen LogP contribution is 2.42. The zero-order valence-electron chi connectivity index (χ0n) is 21.3. The van der Waals surface area contributed by atoms with E-state index in [1.54, 1.807) is 24.3 Å². The second kappa shape index (κ2) is 11.1. The lowest BCUT2D eigenvalue weighted by molar-refractivity contribution is -0.138. The fourth-order valence-corrected chi connectivity index (χ4v) is 6.15. The maximum Gasteiger partial charge on any atom is 0.229 e. The molecule has 36 heavy (non-hydrogen) atoms. The molecule has 0 radical (unpaired) electrons. The first-order valence-electron chi connectivity index (χ1n) is 12.9. The van der Waals surface area contributed by atoms with Gasteiger partial charge in [-0.05, 0) is 75.5 Å². The number of hydrogen-bond donors (Lipinski definition) is 1. The van der Waals surface area contributed by atoms with Gasteiger partial charge in [-0.25, -0.2) is 8.42 Å². The van der Waals surface area contributed by atoms with Crippen molar-refractivity contribution in [3.8, 4) is 0 Å². The van der Waals surface area contributed by atoms with Crippen molar-refractivity contribution in [2.45, 2.75) is 50.0 Å². The van der Waals surface area contributed by atoms with Crippen LogP contribution in [0.4, 0.5) is 0 Å². The molecule has 0 aromatic heterocycles. The molecule has 1 unspecified atom stereocenters. The molecule has 2 saturated heterocycles. The SMILES string of the molecule is CCNC(=O)C(CCN1CCC2(CC1)CCN(Cc1ccc(S(C)(=O)=O)cc1)C2=O)c1ccccc1. The molecular weight excluding hydrogens is 474 g/mol. The molecule has 1 N–H and O–H groups in total. The Labute approximate surface area is 214 Å². The molecule has 0 saturated carbocycles. The van der Waals surface area contributed by atoms with Gasteiger partial charge in [-0.15, -0.1) is 0 Å². The molecule has 7 nitrogen and oxygen atoms in total. The minimum absolute atomic E-state index is 0.0726. The van der Waals surface area contributed by atoms with Gasteiger partial charge in [0.25, 0.3) is 0 Å². The molecule has 8 heteroatoms. The van der Waals surface area contributed by atoms with Crippen molar-refractivity contribution >= 4 is 21.7 Å². The summed E-state index contributed by atoms with van der Waals surface area (Å²) < 4.78 is 23.4. The second-order valence-electron chi connectivity index (χ2n) is 10.2. The van der Waals surface area contributed by atoms with Gasteiger partial charge in [0.1, 0.15) is 0 Å². The lowest BCUT2D eigenvalue weighted by atomic mass is 9.77. The molecule has 2 aromatic rings. The molecule has 2 aromatic carbocycles. The summed E-state index contributed by atoms with van der Waals surface area (Å²) in [6.07, 6.45) is 4.50. The number of piperidine rings is 1. The summed E-state index contributed by atoms with van der Waals surface area (Å²) in [7, 11) is -3.23. The predicted octanol–water partition coefficient (Wildman–Crippen LogP) is 3.21. The Kier molecular flexibility index (Phi) is 8.15. The van der Waals surface area contributed by atoms with Gasteiger partial charge < -0.3 is 15.1 Å². The highest BCUT2D eigenvalue weighted by Gasteiger charge is 2.47. The van der Waals surface area contributed by atoms with Crippen LogP contribution in [0.15, 0.2) is 59.5 Å². The summed E-state index contributed by atoms with van der Waals surface area (Å²) in [6.45, 7) is 6.36. The van der Waals surface area contributed by atoms with E-state index in [2.05, 4.69) is 10.2 Å². The molecule has 2 aliphatic rings. The molecule has 4 rings (SSSR count). The number of nitrogens with zero attached hydrogens (tertiary/aromatic N) is 2. The summed E-state index contributed by atoms with van der Waals surface area (Å²) in [5, 5.41) is 2.97. The van der Waals surface area contributed by atoms with Crippen LogP contribution in [0.5, 0.6) is 0 Å². The van der Waals surface area contributed by atoms with E-state index in [9.17, 15) is 18.0 Å². The Morgan fingerprint density at radius 1 is 1.00 bits per heavy atom. The van der Waals surface area contributed by atoms with Crippen LogP contribution < -0.4 is 5.32 Å². The summed E-state index contributed by atoms with van der Waals surface area (Å²) in [6, 6.07) is 16.8. The van der Waals surface area contributed by atoms with Crippen molar-refractivity contribution in [3.63, 3.8) is 0 Å². The zero-order valence-corrected chi connectivity index (χ0v) is 22.1. The second-order valence-corrected chi connectivity index (χ2v) is 12.2. The molecule has 1 spiro atoms. The predicted molar refractivity (Wildman–Crippen MR) is 140 cm³/mol. The van der Waals surface area contributed by atoms with Crippen molar-refractivity contribution in [1.82, 2.24) is 15.1 Å². The zero-order chi connectivity index (χ0) is 25.8. The minimum Gasteiger partial charge on any atom is -0.356 e. The van der Waals surface area contributed by atoms with Crippen molar-refractivity contribution in [2.75, 3.05) is 39.0 Å². The minimum atomic E-state index is -3.23. The lowest BCUT2D eigenvalue weighted by Crippen LogP contribution is -2.45. The third kappa shape index (κ3) is 5.98. The van der Waals surface area contributed by atoms with Gasteiger partial charge in [-0.1, -0.05) is 42.5 Å². The van der Waals surface area contributed by atoms with E-state index in [4.69, 9.17) is 0 Å². The number of carbonyl (C=O) groups is 2. The van der Waals surface area contributed by atoms with Crippen molar-refractivity contribution in [3.05, 3.63) is 65.7 Å². The fraction of sp³-hybridized carbons (Fsp3) is 0.500. The van der Waals surface area contributed by atoms with E-state index in [0.29, 0.717) is 18.0 Å². The number of likely N-dealkylation sites (tertiary alicyclic amines) is 2. The first-order valence-corrected chi connectivity index (χ1v) is 14.7. The molecule has 2 aliphatic heterocycles. The van der Waals surface area contributed by atoms with Crippen LogP contribution in [0.25, 0.3) is 0 Å². The van der Waals surface area contributed by atoms with Crippen molar-refractivity contribution < 1.29 is 18.0 Å². The normalized spacial score (nSPS) is 18.9. The highest BCUT2D eigenvalue weighted by atomic mass is 32.2. The van der Waals surface area contributed by atoms with Crippen LogP contribution in [0.1, 0.15) is 49.7 Å². The molecule has 1 atom stereocenters. The topological polar surface area (TPSA) is 86.8 Å². The van der Waals surface area contributed by atoms with E-state index < -0.39 is 9.84 Å². The first kappa shape index (κ1) is 26.4. The van der Waals surface area contributed by atoms with E-state index in [1.165, 1.54) is 6.26 Å². The fourth-order valence-electron chi connectivity index (χ4n) is 5.52. The number of nitrogens with one attached hydrogen (secondary N) is 1. The maximum atomic E-state index is 13.4. The van der Waals surface area contributed by atoms with Gasteiger partial charge in [0.2, 0.25) is 11.8 Å². The van der Waals surface area contributed by atoms with Gasteiger partial charge in [-0.3, -0.25) is 9.59 Å². The van der Waals surface area contributed by atoms with E-state index >= 15 is 0 Å². The molecule has 0 aliphatic carbocycles. The van der Waals surface area contributed by atoms with Crippen LogP contribution in [-0.4, -0.2) is 69.0 Å². The van der Waals surface area contributed by atoms with Gasteiger partial charge in [-0.2, -0.15) is 0 Å². The molecular formula is C28H37N3O4S. The Morgan fingerprint density at radius 2 is 1.64 bits per heavy atom. The number of amides is 2. The van der Waals surface area contributed by atoms with Gasteiger partial charge in [0, 0.05) is 25.9 Å². The van der Waals surface area contributed by atoms with Crippen molar-refractivity contribution in [1.29, 1.82) is 0 Å². The maximum absolute atomic E-state index is 13.4. The smallest absolute Gasteiger partial charge is 0.229 e. The number of likely N-dealkylation sites (N-methyl/N-ethyl adjacent to an activating group) is 1. The number of rotatable bonds is 9. The highest BCUT2D eigenvalue weighted by molar-refractivity contribution is 7.90. The molecule has 0 bridgehead atoms. The largest absolute Gasteiger partial charge is 0.356 e. The van der Waals surface area contributed by atoms with E-state index in [-0.39, 0.29) is 23.1 Å². The number of benzene rings is 2. The Bertz CT molecular complexity index is 1160. The monoisotopic (exact) mass is 511 g/mol. The van der Waals surface area contributed by atoms with Gasteiger partial charge in [0.05, 0.1) is 16.2 Å². The average molecular weight is 512 g/mol. The number of sulfone groups is 1. The summed E-state index contributed by atoms with van der Waals surface area (Å²) in [5.74, 6) is 0.127. The van der Waals surface area contributed by atoms with Crippen LogP contribution in [-0.2, 0) is 26.0 Å². The van der Waals surface area contributed by atoms with Crippen LogP contribution in [0, 0.1) is 5.41 Å². The van der Waals surface area contributed by atoms with Crippen LogP contribution in [0.2, 0.25) is 0 Å². The molecule has 2 heterocycles. The number of hydrogen-bond acceptors (Lipinski definition) is 5. The van der Waals surface area contributed by atoms with E-state index in [1.807, 2.05) is 42.2 Å². The standard InChI is InChI=1S/C28H37N3O4S/c1-3-29-26(32)25(23-7-5-4-6-8-23)13-17-30-18-14-28(15-19-30)16-20-31(27(28)33)21-22-9-11-24(12-10-22)36(2,34)35/h4-12,25H,3,13-21H2,1-2H3,(H,29,32). The third-order valence-corrected chi connectivity index (χ3v) is 8.87. The van der Waals surface area contributed by atoms with Gasteiger partial charge >= 0.3 is 0 Å². The molecule has 2 fully saturated rings. The Morgan fingerprint density at radius 3 is 2.25 bits per heavy atom. The Hall–Kier alpha value is -2.71. The average Bonchev–Trinajstić information content (AvgIpc) is 3.16. The van der Waals surface area contributed by atoms with Crippen LogP contribution in [0.3, 0.4) is 0 Å². The quantitative estimate of drug-likeness (QED) is 0.559. The molecule has 194 valence electrons. The first-order chi connectivity index (χ1) is 17.2. The summed E-state index contributed by atoms with van der Waals surface area (Å²) in [4.78, 5) is 30.7. The van der Waals surface area contributed by atoms with Crippen LogP contribution >= 0.6 is 0 Å². The molecule has 2 amide bonds. The number of carbonyl (C=O) groups excluding carboxylic acids is 2. The van der Waals surface area contributed by atoms with Crippen molar-refractivity contribution in [2.24, 2.45) is 5.41 Å². The Balaban J connectivity index is 1.31. The summed E-state index contributed by atoms with van der Waals surface area (Å²) >= 11 is 0. The van der Waals surface area contributed by atoms with Gasteiger partial charge in [0.15, 0.2) is 9.84 Å².